The molecule has 0 fully saturated rings. The van der Waals surface area contributed by atoms with Crippen molar-refractivity contribution in [3.05, 3.63) is 59.8 Å². The fourth-order valence-corrected chi connectivity index (χ4v) is 3.13. The van der Waals surface area contributed by atoms with Gasteiger partial charge in [0.1, 0.15) is 17.0 Å². The van der Waals surface area contributed by atoms with E-state index in [1.807, 2.05) is 13.8 Å². The van der Waals surface area contributed by atoms with Crippen LogP contribution < -0.4 is 15.8 Å². The molecule has 1 heterocycles. The maximum absolute atomic E-state index is 12.7. The summed E-state index contributed by atoms with van der Waals surface area (Å²) in [6.07, 6.45) is -5.45. The first kappa shape index (κ1) is 32.8. The molecular weight excluding hydrogens is 519 g/mol. The number of carbonyl (C=O) groups excluding carboxylic acids is 3. The molecule has 9 nitrogen and oxygen atoms in total. The van der Waals surface area contributed by atoms with Crippen molar-refractivity contribution in [2.75, 3.05) is 7.11 Å². The van der Waals surface area contributed by atoms with Crippen LogP contribution in [0.4, 0.5) is 18.0 Å². The number of nitrogens with zero attached hydrogens (tertiary/aromatic N) is 1. The summed E-state index contributed by atoms with van der Waals surface area (Å²) in [6.45, 7) is 10.7. The van der Waals surface area contributed by atoms with Gasteiger partial charge in [0.15, 0.2) is 0 Å². The molecule has 3 N–H and O–H groups in total. The number of carbonyl (C=O) groups is 3. The third-order valence-electron chi connectivity index (χ3n) is 4.55. The number of hydrogen-bond donors (Lipinski definition) is 2. The van der Waals surface area contributed by atoms with Gasteiger partial charge in [-0.15, -0.1) is 13.2 Å². The smallest absolute Gasteiger partial charge is 0.469 e. The lowest BCUT2D eigenvalue weighted by atomic mass is 10.2. The van der Waals surface area contributed by atoms with Crippen molar-refractivity contribution in [2.45, 2.75) is 60.1 Å². The van der Waals surface area contributed by atoms with Crippen LogP contribution in [0.5, 0.6) is 5.75 Å². The maximum Gasteiger partial charge on any atom is 0.573 e. The number of nitrogens with one attached hydrogen (secondary N) is 1. The lowest BCUT2D eigenvalue weighted by Crippen LogP contribution is -2.32. The predicted molar refractivity (Wildman–Crippen MR) is 141 cm³/mol. The second-order valence-electron chi connectivity index (χ2n) is 8.72. The Morgan fingerprint density at radius 2 is 1.62 bits per heavy atom. The molecule has 0 aliphatic rings. The summed E-state index contributed by atoms with van der Waals surface area (Å²) in [5.74, 6) is -1.43. The molecular formula is C27H34F3N3O6. The second-order valence-corrected chi connectivity index (χ2v) is 8.72. The lowest BCUT2D eigenvalue weighted by Gasteiger charge is -2.19. The highest BCUT2D eigenvalue weighted by molar-refractivity contribution is 5.99. The highest BCUT2D eigenvalue weighted by Crippen LogP contribution is 2.31. The number of rotatable bonds is 5. The Bertz CT molecular complexity index is 1280. The van der Waals surface area contributed by atoms with Gasteiger partial charge in [0, 0.05) is 30.6 Å². The lowest BCUT2D eigenvalue weighted by molar-refractivity contribution is -0.274. The number of fused-ring (bicyclic) bond motifs is 1. The van der Waals surface area contributed by atoms with Crippen LogP contribution in [0.25, 0.3) is 16.6 Å². The SMILES string of the molecule is CC.CC(C)(C)OC(=O)NCc1cccc(-n2c(C(N)=O)cc3ccc(OC(F)(F)F)cc32)c1.COC(C)=O. The minimum Gasteiger partial charge on any atom is -0.469 e. The Labute approximate surface area is 225 Å². The van der Waals surface area contributed by atoms with Gasteiger partial charge in [-0.25, -0.2) is 4.79 Å². The Morgan fingerprint density at radius 1 is 1.00 bits per heavy atom. The van der Waals surface area contributed by atoms with Crippen molar-refractivity contribution in [3.8, 4) is 11.4 Å². The fraction of sp³-hybridized carbons (Fsp3) is 0.370. The third kappa shape index (κ3) is 11.0. The number of methoxy groups -OCH3 is 1. The molecule has 0 saturated heterocycles. The van der Waals surface area contributed by atoms with Crippen LogP contribution in [0.2, 0.25) is 0 Å². The number of esters is 1. The molecule has 0 spiro atoms. The number of aromatic nitrogens is 1. The number of hydrogen-bond acceptors (Lipinski definition) is 6. The molecule has 0 radical (unpaired) electrons. The van der Waals surface area contributed by atoms with Crippen LogP contribution in [-0.2, 0) is 20.8 Å². The number of ether oxygens (including phenoxy) is 3. The molecule has 0 bridgehead atoms. The summed E-state index contributed by atoms with van der Waals surface area (Å²) in [4.78, 5) is 33.5. The topological polar surface area (TPSA) is 122 Å². The zero-order valence-corrected chi connectivity index (χ0v) is 22.9. The van der Waals surface area contributed by atoms with E-state index < -0.39 is 29.7 Å². The number of nitrogens with two attached hydrogens (primary N) is 1. The van der Waals surface area contributed by atoms with Crippen molar-refractivity contribution in [1.82, 2.24) is 9.88 Å². The van der Waals surface area contributed by atoms with E-state index in [0.29, 0.717) is 22.2 Å². The first-order valence-electron chi connectivity index (χ1n) is 11.9. The maximum atomic E-state index is 12.7. The monoisotopic (exact) mass is 553 g/mol. The molecule has 2 amide bonds. The van der Waals surface area contributed by atoms with E-state index in [1.165, 1.54) is 36.8 Å². The number of halogens is 3. The standard InChI is InChI=1S/C22H22F3N3O4.C3H6O2.C2H6/c1-21(2,3)32-20(30)27-12-13-5-4-6-15(9-13)28-17-11-16(31-22(23,24)25)8-7-14(17)10-18(28)19(26)29;1-3(4)5-2;1-2/h4-11H,12H2,1-3H3,(H2,26,29)(H,27,30);1-2H3;1-2H3. The molecule has 3 rings (SSSR count). The number of alkyl carbamates (subject to hydrolysis) is 1. The largest absolute Gasteiger partial charge is 0.573 e. The first-order chi connectivity index (χ1) is 18.1. The molecule has 0 atom stereocenters. The predicted octanol–water partition coefficient (Wildman–Crippen LogP) is 5.86. The van der Waals surface area contributed by atoms with Gasteiger partial charge in [-0.1, -0.05) is 26.0 Å². The highest BCUT2D eigenvalue weighted by atomic mass is 19.4. The molecule has 3 aromatic rings. The zero-order chi connectivity index (χ0) is 30.0. The molecule has 214 valence electrons. The van der Waals surface area contributed by atoms with E-state index in [1.54, 1.807) is 45.0 Å². The molecule has 12 heteroatoms. The van der Waals surface area contributed by atoms with E-state index in [2.05, 4.69) is 14.8 Å². The van der Waals surface area contributed by atoms with Crippen LogP contribution in [-0.4, -0.2) is 41.6 Å². The minimum absolute atomic E-state index is 0.0846. The van der Waals surface area contributed by atoms with E-state index in [9.17, 15) is 27.6 Å². The summed E-state index contributed by atoms with van der Waals surface area (Å²) in [5.41, 5.74) is 6.39. The fourth-order valence-electron chi connectivity index (χ4n) is 3.13. The van der Waals surface area contributed by atoms with Crippen LogP contribution in [0.3, 0.4) is 0 Å². The van der Waals surface area contributed by atoms with Crippen molar-refractivity contribution in [2.24, 2.45) is 5.73 Å². The van der Waals surface area contributed by atoms with Gasteiger partial charge in [0.2, 0.25) is 0 Å². The number of amides is 2. The van der Waals surface area contributed by atoms with E-state index in [0.717, 1.165) is 6.07 Å². The molecule has 2 aromatic carbocycles. The normalized spacial score (nSPS) is 10.8. The van der Waals surface area contributed by atoms with E-state index in [-0.39, 0.29) is 18.2 Å². The quantitative estimate of drug-likeness (QED) is 0.382. The van der Waals surface area contributed by atoms with Crippen molar-refractivity contribution in [3.63, 3.8) is 0 Å². The van der Waals surface area contributed by atoms with Crippen molar-refractivity contribution < 1.29 is 41.8 Å². The van der Waals surface area contributed by atoms with Gasteiger partial charge < -0.3 is 29.8 Å². The van der Waals surface area contributed by atoms with Gasteiger partial charge >= 0.3 is 18.4 Å². The second kappa shape index (κ2) is 14.1. The molecule has 0 aliphatic heterocycles. The third-order valence-corrected chi connectivity index (χ3v) is 4.55. The Morgan fingerprint density at radius 3 is 2.13 bits per heavy atom. The summed E-state index contributed by atoms with van der Waals surface area (Å²) < 4.78 is 52.7. The number of benzene rings is 2. The molecule has 39 heavy (non-hydrogen) atoms. The average molecular weight is 554 g/mol. The highest BCUT2D eigenvalue weighted by Gasteiger charge is 2.31. The van der Waals surface area contributed by atoms with Gasteiger partial charge in [-0.05, 0) is 56.7 Å². The summed E-state index contributed by atoms with van der Waals surface area (Å²) in [7, 11) is 1.35. The molecule has 1 aromatic heterocycles. The first-order valence-corrected chi connectivity index (χ1v) is 11.9. The number of primary amides is 1. The van der Waals surface area contributed by atoms with Crippen LogP contribution in [0, 0.1) is 0 Å². The summed E-state index contributed by atoms with van der Waals surface area (Å²) in [5, 5.41) is 3.14. The van der Waals surface area contributed by atoms with E-state index in [4.69, 9.17) is 10.5 Å². The van der Waals surface area contributed by atoms with Gasteiger partial charge in [0.05, 0.1) is 12.6 Å². The summed E-state index contributed by atoms with van der Waals surface area (Å²) in [6, 6.07) is 12.0. The Kier molecular flexibility index (Phi) is 11.8. The minimum atomic E-state index is -4.86. The Hall–Kier alpha value is -4.22. The van der Waals surface area contributed by atoms with Gasteiger partial charge in [-0.3, -0.25) is 9.59 Å². The van der Waals surface area contributed by atoms with Crippen LogP contribution in [0.1, 0.15) is 57.6 Å². The average Bonchev–Trinajstić information content (AvgIpc) is 3.22. The van der Waals surface area contributed by atoms with Crippen LogP contribution >= 0.6 is 0 Å². The van der Waals surface area contributed by atoms with E-state index >= 15 is 0 Å². The number of alkyl halides is 3. The van der Waals surface area contributed by atoms with Crippen molar-refractivity contribution in [1.29, 1.82) is 0 Å². The zero-order valence-electron chi connectivity index (χ0n) is 22.9. The van der Waals surface area contributed by atoms with Crippen molar-refractivity contribution >= 4 is 28.9 Å². The van der Waals surface area contributed by atoms with Gasteiger partial charge in [-0.2, -0.15) is 0 Å². The Balaban J connectivity index is 0.000000975. The van der Waals surface area contributed by atoms with Crippen LogP contribution in [0.15, 0.2) is 48.5 Å². The van der Waals surface area contributed by atoms with Gasteiger partial charge in [0.25, 0.3) is 5.91 Å². The summed E-state index contributed by atoms with van der Waals surface area (Å²) >= 11 is 0. The molecule has 0 saturated carbocycles. The molecule has 0 unspecified atom stereocenters. The molecule has 0 aliphatic carbocycles.